The van der Waals surface area contributed by atoms with Crippen molar-refractivity contribution in [2.24, 2.45) is 29.8 Å². The van der Waals surface area contributed by atoms with Gasteiger partial charge in [-0.2, -0.15) is 5.10 Å². The molecule has 0 atom stereocenters. The molecule has 0 aromatic carbocycles. The molecule has 2 aliphatic rings. The van der Waals surface area contributed by atoms with Crippen LogP contribution >= 0.6 is 0 Å². The Morgan fingerprint density at radius 2 is 1.90 bits per heavy atom. The Hall–Kier alpha value is -1.72. The number of oxime groups is 1. The third kappa shape index (κ3) is 2.59. The summed E-state index contributed by atoms with van der Waals surface area (Å²) in [5.74, 6) is 2.74. The van der Waals surface area contributed by atoms with E-state index in [0.717, 1.165) is 42.0 Å². The Kier molecular flexibility index (Phi) is 3.31. The molecule has 1 heterocycles. The van der Waals surface area contributed by atoms with Crippen LogP contribution in [0, 0.1) is 18.8 Å². The van der Waals surface area contributed by atoms with Gasteiger partial charge < -0.3 is 15.8 Å². The second-order valence-electron chi connectivity index (χ2n) is 6.18. The van der Waals surface area contributed by atoms with E-state index >= 15 is 0 Å². The molecule has 110 valence electrons. The minimum atomic E-state index is 0.155. The molecule has 2 aliphatic carbocycles. The van der Waals surface area contributed by atoms with Crippen LogP contribution in [0.2, 0.25) is 0 Å². The van der Waals surface area contributed by atoms with Crippen molar-refractivity contribution in [3.63, 3.8) is 0 Å². The van der Waals surface area contributed by atoms with Gasteiger partial charge in [0.05, 0.1) is 11.3 Å². The lowest BCUT2D eigenvalue weighted by Crippen LogP contribution is -2.32. The molecule has 2 fully saturated rings. The molecular weight excluding hydrogens is 254 g/mol. The van der Waals surface area contributed by atoms with Gasteiger partial charge in [0.2, 0.25) is 0 Å². The van der Waals surface area contributed by atoms with E-state index in [2.05, 4.69) is 15.2 Å². The number of rotatable bonds is 6. The third-order valence-corrected chi connectivity index (χ3v) is 4.21. The van der Waals surface area contributed by atoms with Crippen LogP contribution in [0.15, 0.2) is 5.16 Å². The lowest BCUT2D eigenvalue weighted by atomic mass is 10.2. The summed E-state index contributed by atoms with van der Waals surface area (Å²) in [7, 11) is 1.93. The Morgan fingerprint density at radius 3 is 2.35 bits per heavy atom. The number of hydrogen-bond donors (Lipinski definition) is 2. The van der Waals surface area contributed by atoms with Gasteiger partial charge >= 0.3 is 0 Å². The largest absolute Gasteiger partial charge is 0.409 e. The minimum Gasteiger partial charge on any atom is -0.409 e. The molecule has 3 N–H and O–H groups in total. The maximum absolute atomic E-state index is 9.02. The number of hydrogen-bond acceptors (Lipinski definition) is 4. The van der Waals surface area contributed by atoms with E-state index in [-0.39, 0.29) is 5.84 Å². The summed E-state index contributed by atoms with van der Waals surface area (Å²) in [5, 5.41) is 16.7. The fraction of sp³-hybridized carbons (Fsp3) is 0.714. The summed E-state index contributed by atoms with van der Waals surface area (Å²) in [6.45, 7) is 4.02. The summed E-state index contributed by atoms with van der Waals surface area (Å²) >= 11 is 0. The van der Waals surface area contributed by atoms with Crippen LogP contribution in [0.25, 0.3) is 0 Å². The molecule has 0 bridgehead atoms. The maximum Gasteiger partial charge on any atom is 0.175 e. The molecule has 20 heavy (non-hydrogen) atoms. The lowest BCUT2D eigenvalue weighted by molar-refractivity contribution is 0.318. The Morgan fingerprint density at radius 1 is 1.35 bits per heavy atom. The highest BCUT2D eigenvalue weighted by Gasteiger charge is 2.32. The van der Waals surface area contributed by atoms with Crippen molar-refractivity contribution in [1.29, 1.82) is 0 Å². The average Bonchev–Trinajstić information content (AvgIpc) is 3.30. The molecule has 0 saturated heterocycles. The van der Waals surface area contributed by atoms with Crippen molar-refractivity contribution >= 4 is 11.7 Å². The second-order valence-corrected chi connectivity index (χ2v) is 6.18. The van der Waals surface area contributed by atoms with Crippen LogP contribution in [-0.4, -0.2) is 33.9 Å². The van der Waals surface area contributed by atoms with Crippen LogP contribution < -0.4 is 10.6 Å². The van der Waals surface area contributed by atoms with Crippen LogP contribution in [-0.2, 0) is 7.05 Å². The Balaban J connectivity index is 1.94. The number of nitrogens with zero attached hydrogens (tertiary/aromatic N) is 4. The van der Waals surface area contributed by atoms with Crippen LogP contribution in [0.5, 0.6) is 0 Å². The quantitative estimate of drug-likeness (QED) is 0.357. The van der Waals surface area contributed by atoms with Crippen molar-refractivity contribution in [3.8, 4) is 0 Å². The van der Waals surface area contributed by atoms with Gasteiger partial charge in [-0.3, -0.25) is 4.68 Å². The summed E-state index contributed by atoms with van der Waals surface area (Å²) in [6.07, 6.45) is 5.27. The topological polar surface area (TPSA) is 79.7 Å². The molecule has 3 rings (SSSR count). The standard InChI is InChI=1S/C14H23N5O/c1-9-12(13(15)17-20)14(18(2)16-9)19(7-10-3-4-10)8-11-5-6-11/h10-11,20H,3-8H2,1-2H3,(H2,15,17). The first-order chi connectivity index (χ1) is 9.60. The molecule has 0 radical (unpaired) electrons. The molecule has 0 unspecified atom stereocenters. The van der Waals surface area contributed by atoms with Crippen molar-refractivity contribution in [1.82, 2.24) is 9.78 Å². The molecule has 6 nitrogen and oxygen atoms in total. The smallest absolute Gasteiger partial charge is 0.175 e. The normalized spacial score (nSPS) is 19.4. The first-order valence-corrected chi connectivity index (χ1v) is 7.36. The number of aryl methyl sites for hydroxylation is 2. The van der Waals surface area contributed by atoms with E-state index in [4.69, 9.17) is 10.9 Å². The summed E-state index contributed by atoms with van der Waals surface area (Å²) in [5.41, 5.74) is 7.45. The van der Waals surface area contributed by atoms with Gasteiger partial charge in [-0.25, -0.2) is 0 Å². The zero-order chi connectivity index (χ0) is 14.3. The van der Waals surface area contributed by atoms with Gasteiger partial charge in [0.15, 0.2) is 5.84 Å². The van der Waals surface area contributed by atoms with Crippen molar-refractivity contribution in [3.05, 3.63) is 11.3 Å². The molecule has 1 aromatic rings. The second kappa shape index (κ2) is 5.00. The zero-order valence-electron chi connectivity index (χ0n) is 12.2. The van der Waals surface area contributed by atoms with Crippen molar-refractivity contribution in [2.45, 2.75) is 32.6 Å². The highest BCUT2D eigenvalue weighted by atomic mass is 16.4. The summed E-state index contributed by atoms with van der Waals surface area (Å²) in [6, 6.07) is 0. The van der Waals surface area contributed by atoms with Gasteiger partial charge in [0.1, 0.15) is 5.82 Å². The van der Waals surface area contributed by atoms with E-state index in [1.165, 1.54) is 25.7 Å². The fourth-order valence-electron chi connectivity index (χ4n) is 2.83. The monoisotopic (exact) mass is 277 g/mol. The Bertz CT molecular complexity index is 514. The van der Waals surface area contributed by atoms with E-state index in [9.17, 15) is 0 Å². The van der Waals surface area contributed by atoms with E-state index in [1.807, 2.05) is 18.7 Å². The summed E-state index contributed by atoms with van der Waals surface area (Å²) < 4.78 is 1.87. The van der Waals surface area contributed by atoms with Gasteiger partial charge in [-0.1, -0.05) is 5.16 Å². The predicted molar refractivity (Wildman–Crippen MR) is 78.1 cm³/mol. The highest BCUT2D eigenvalue weighted by Crippen LogP contribution is 2.37. The van der Waals surface area contributed by atoms with Crippen LogP contribution in [0.3, 0.4) is 0 Å². The van der Waals surface area contributed by atoms with Crippen LogP contribution in [0.1, 0.15) is 36.9 Å². The number of nitrogens with two attached hydrogens (primary N) is 1. The van der Waals surface area contributed by atoms with E-state index in [1.54, 1.807) is 0 Å². The molecular formula is C14H23N5O. The van der Waals surface area contributed by atoms with Crippen molar-refractivity contribution < 1.29 is 5.21 Å². The molecule has 6 heteroatoms. The first kappa shape index (κ1) is 13.3. The van der Waals surface area contributed by atoms with Crippen LogP contribution in [0.4, 0.5) is 5.82 Å². The number of anilines is 1. The molecule has 0 amide bonds. The average molecular weight is 277 g/mol. The first-order valence-electron chi connectivity index (χ1n) is 7.36. The fourth-order valence-corrected chi connectivity index (χ4v) is 2.83. The highest BCUT2D eigenvalue weighted by molar-refractivity contribution is 6.02. The molecule has 0 aliphatic heterocycles. The number of amidine groups is 1. The van der Waals surface area contributed by atoms with E-state index < -0.39 is 0 Å². The SMILES string of the molecule is Cc1nn(C)c(N(CC2CC2)CC2CC2)c1C(N)=NO. The lowest BCUT2D eigenvalue weighted by Gasteiger charge is -2.26. The van der Waals surface area contributed by atoms with Gasteiger partial charge in [-0.15, -0.1) is 0 Å². The predicted octanol–water partition coefficient (Wildman–Crippen LogP) is 1.45. The Labute approximate surface area is 119 Å². The third-order valence-electron chi connectivity index (χ3n) is 4.21. The molecule has 1 aromatic heterocycles. The van der Waals surface area contributed by atoms with Gasteiger partial charge in [0.25, 0.3) is 0 Å². The maximum atomic E-state index is 9.02. The van der Waals surface area contributed by atoms with Gasteiger partial charge in [-0.05, 0) is 44.4 Å². The van der Waals surface area contributed by atoms with Crippen molar-refractivity contribution in [2.75, 3.05) is 18.0 Å². The summed E-state index contributed by atoms with van der Waals surface area (Å²) in [4.78, 5) is 2.39. The molecule has 0 spiro atoms. The minimum absolute atomic E-state index is 0.155. The van der Waals surface area contributed by atoms with Gasteiger partial charge in [0, 0.05) is 20.1 Å². The molecule has 2 saturated carbocycles. The zero-order valence-corrected chi connectivity index (χ0v) is 12.2. The van der Waals surface area contributed by atoms with E-state index in [0.29, 0.717) is 0 Å². The number of aromatic nitrogens is 2.